The number of amides is 1. The van der Waals surface area contributed by atoms with E-state index in [0.29, 0.717) is 12.1 Å². The first-order valence-electron chi connectivity index (χ1n) is 4.43. The fourth-order valence-electron chi connectivity index (χ4n) is 1.20. The normalized spacial score (nSPS) is 13.8. The number of hydrogen-bond acceptors (Lipinski definition) is 4. The standard InChI is InChI=1S/C10H8F2N2O3/c11-6-2-5(7(12)1-4(6)3-13)8(15)9(16)10(14)17/h1-2,8-9,15-16H,(H2,14,17). The van der Waals surface area contributed by atoms with E-state index in [9.17, 15) is 18.7 Å². The molecule has 90 valence electrons. The lowest BCUT2D eigenvalue weighted by Gasteiger charge is -2.16. The number of halogens is 2. The number of primary amides is 1. The van der Waals surface area contributed by atoms with Gasteiger partial charge in [0.2, 0.25) is 5.91 Å². The smallest absolute Gasteiger partial charge is 0.249 e. The van der Waals surface area contributed by atoms with E-state index in [1.54, 1.807) is 0 Å². The summed E-state index contributed by atoms with van der Waals surface area (Å²) in [5, 5.41) is 26.9. The predicted octanol–water partition coefficient (Wildman–Crippen LogP) is -0.284. The Bertz CT molecular complexity index is 499. The third-order valence-electron chi connectivity index (χ3n) is 2.12. The minimum Gasteiger partial charge on any atom is -0.385 e. The summed E-state index contributed by atoms with van der Waals surface area (Å²) in [5.41, 5.74) is 3.51. The van der Waals surface area contributed by atoms with Gasteiger partial charge in [0.15, 0.2) is 6.10 Å². The van der Waals surface area contributed by atoms with Crippen LogP contribution in [0.3, 0.4) is 0 Å². The van der Waals surface area contributed by atoms with E-state index in [1.807, 2.05) is 0 Å². The summed E-state index contributed by atoms with van der Waals surface area (Å²) < 4.78 is 26.5. The summed E-state index contributed by atoms with van der Waals surface area (Å²) in [6.45, 7) is 0. The van der Waals surface area contributed by atoms with Crippen molar-refractivity contribution < 1.29 is 23.8 Å². The molecule has 0 bridgehead atoms. The van der Waals surface area contributed by atoms with E-state index < -0.39 is 40.9 Å². The van der Waals surface area contributed by atoms with Gasteiger partial charge in [0.1, 0.15) is 23.8 Å². The first kappa shape index (κ1) is 13.0. The SMILES string of the molecule is N#Cc1cc(F)c(C(O)C(O)C(N)=O)cc1F. The van der Waals surface area contributed by atoms with Crippen molar-refractivity contribution >= 4 is 5.91 Å². The maximum Gasteiger partial charge on any atom is 0.249 e. The van der Waals surface area contributed by atoms with Gasteiger partial charge >= 0.3 is 0 Å². The Morgan fingerprint density at radius 1 is 1.35 bits per heavy atom. The molecule has 0 saturated heterocycles. The van der Waals surface area contributed by atoms with Crippen molar-refractivity contribution in [2.24, 2.45) is 5.73 Å². The molecule has 0 aromatic heterocycles. The largest absolute Gasteiger partial charge is 0.385 e. The molecule has 0 spiro atoms. The highest BCUT2D eigenvalue weighted by molar-refractivity contribution is 5.79. The minimum atomic E-state index is -2.06. The van der Waals surface area contributed by atoms with E-state index >= 15 is 0 Å². The van der Waals surface area contributed by atoms with Crippen LogP contribution in [0.4, 0.5) is 8.78 Å². The average Bonchev–Trinajstić information content (AvgIpc) is 2.29. The van der Waals surface area contributed by atoms with Gasteiger partial charge < -0.3 is 15.9 Å². The zero-order valence-electron chi connectivity index (χ0n) is 8.39. The molecule has 0 aliphatic carbocycles. The van der Waals surface area contributed by atoms with Gasteiger partial charge in [-0.3, -0.25) is 4.79 Å². The first-order chi connectivity index (χ1) is 7.88. The maximum absolute atomic E-state index is 13.4. The number of benzene rings is 1. The number of hydrogen-bond donors (Lipinski definition) is 3. The lowest BCUT2D eigenvalue weighted by Crippen LogP contribution is -2.34. The van der Waals surface area contributed by atoms with Gasteiger partial charge in [-0.2, -0.15) is 5.26 Å². The molecule has 1 aromatic carbocycles. The molecule has 0 heterocycles. The average molecular weight is 242 g/mol. The number of nitrogens with two attached hydrogens (primary N) is 1. The number of carbonyl (C=O) groups excluding carboxylic acids is 1. The number of rotatable bonds is 3. The van der Waals surface area contributed by atoms with E-state index in [1.165, 1.54) is 6.07 Å². The molecule has 1 amide bonds. The van der Waals surface area contributed by atoms with Gasteiger partial charge in [-0.25, -0.2) is 8.78 Å². The lowest BCUT2D eigenvalue weighted by molar-refractivity contribution is -0.132. The summed E-state index contributed by atoms with van der Waals surface area (Å²) in [4.78, 5) is 10.6. The predicted molar refractivity (Wildman–Crippen MR) is 51.2 cm³/mol. The fraction of sp³-hybridized carbons (Fsp3) is 0.200. The number of aliphatic hydroxyl groups excluding tert-OH is 2. The Morgan fingerprint density at radius 2 is 1.94 bits per heavy atom. The third-order valence-corrected chi connectivity index (χ3v) is 2.12. The summed E-state index contributed by atoms with van der Waals surface area (Å²) >= 11 is 0. The van der Waals surface area contributed by atoms with Crippen molar-refractivity contribution in [2.75, 3.05) is 0 Å². The van der Waals surface area contributed by atoms with Crippen LogP contribution in [0.1, 0.15) is 17.2 Å². The molecular weight excluding hydrogens is 234 g/mol. The molecule has 5 nitrogen and oxygen atoms in total. The van der Waals surface area contributed by atoms with Crippen molar-refractivity contribution in [1.82, 2.24) is 0 Å². The van der Waals surface area contributed by atoms with Crippen molar-refractivity contribution in [3.8, 4) is 6.07 Å². The van der Waals surface area contributed by atoms with E-state index in [-0.39, 0.29) is 0 Å². The lowest BCUT2D eigenvalue weighted by atomic mass is 10.0. The molecule has 1 rings (SSSR count). The Labute approximate surface area is 94.7 Å². The summed E-state index contributed by atoms with van der Waals surface area (Å²) in [6.07, 6.45) is -4.05. The van der Waals surface area contributed by atoms with Crippen LogP contribution in [-0.4, -0.2) is 22.2 Å². The third kappa shape index (κ3) is 2.55. The second kappa shape index (κ2) is 4.86. The topological polar surface area (TPSA) is 107 Å². The fourth-order valence-corrected chi connectivity index (χ4v) is 1.20. The van der Waals surface area contributed by atoms with Gasteiger partial charge in [-0.1, -0.05) is 0 Å². The summed E-state index contributed by atoms with van der Waals surface area (Å²) in [7, 11) is 0. The highest BCUT2D eigenvalue weighted by Crippen LogP contribution is 2.23. The molecule has 0 aliphatic rings. The van der Waals surface area contributed by atoms with Gasteiger partial charge in [0.05, 0.1) is 5.56 Å². The van der Waals surface area contributed by atoms with Crippen LogP contribution in [0.15, 0.2) is 12.1 Å². The van der Waals surface area contributed by atoms with Crippen LogP contribution >= 0.6 is 0 Å². The van der Waals surface area contributed by atoms with Crippen molar-refractivity contribution in [2.45, 2.75) is 12.2 Å². The molecule has 0 aliphatic heterocycles. The van der Waals surface area contributed by atoms with Crippen LogP contribution in [-0.2, 0) is 4.79 Å². The molecule has 0 saturated carbocycles. The summed E-state index contributed by atoms with van der Waals surface area (Å²) in [5.74, 6) is -3.46. The van der Waals surface area contributed by atoms with Crippen LogP contribution < -0.4 is 5.73 Å². The van der Waals surface area contributed by atoms with Gasteiger partial charge in [-0.05, 0) is 12.1 Å². The molecule has 0 fully saturated rings. The first-order valence-corrected chi connectivity index (χ1v) is 4.43. The Morgan fingerprint density at radius 3 is 2.41 bits per heavy atom. The zero-order valence-corrected chi connectivity index (χ0v) is 8.39. The van der Waals surface area contributed by atoms with Crippen LogP contribution in [0.5, 0.6) is 0 Å². The Hall–Kier alpha value is -2.04. The van der Waals surface area contributed by atoms with Crippen LogP contribution in [0.25, 0.3) is 0 Å². The quantitative estimate of drug-likeness (QED) is 0.677. The van der Waals surface area contributed by atoms with E-state index in [2.05, 4.69) is 0 Å². The number of nitriles is 1. The molecule has 2 atom stereocenters. The van der Waals surface area contributed by atoms with Crippen LogP contribution in [0, 0.1) is 23.0 Å². The monoisotopic (exact) mass is 242 g/mol. The summed E-state index contributed by atoms with van der Waals surface area (Å²) in [6, 6.07) is 2.49. The van der Waals surface area contributed by atoms with Crippen molar-refractivity contribution in [3.05, 3.63) is 34.9 Å². The molecule has 2 unspecified atom stereocenters. The van der Waals surface area contributed by atoms with Gasteiger partial charge in [0.25, 0.3) is 0 Å². The minimum absolute atomic E-state index is 0.532. The van der Waals surface area contributed by atoms with Gasteiger partial charge in [0, 0.05) is 5.56 Å². The molecule has 7 heteroatoms. The van der Waals surface area contributed by atoms with Crippen LogP contribution in [0.2, 0.25) is 0 Å². The molecule has 0 radical (unpaired) electrons. The number of aliphatic hydroxyl groups is 2. The van der Waals surface area contributed by atoms with E-state index in [0.717, 1.165) is 0 Å². The Balaban J connectivity index is 3.20. The second-order valence-corrected chi connectivity index (χ2v) is 3.26. The Kier molecular flexibility index (Phi) is 3.73. The molecule has 4 N–H and O–H groups in total. The second-order valence-electron chi connectivity index (χ2n) is 3.26. The number of carbonyl (C=O) groups is 1. The highest BCUT2D eigenvalue weighted by atomic mass is 19.1. The maximum atomic E-state index is 13.4. The van der Waals surface area contributed by atoms with E-state index in [4.69, 9.17) is 16.1 Å². The number of nitrogens with zero attached hydrogens (tertiary/aromatic N) is 1. The molecular formula is C10H8F2N2O3. The molecule has 17 heavy (non-hydrogen) atoms. The van der Waals surface area contributed by atoms with Crippen molar-refractivity contribution in [1.29, 1.82) is 5.26 Å². The highest BCUT2D eigenvalue weighted by Gasteiger charge is 2.27. The molecule has 1 aromatic rings. The zero-order chi connectivity index (χ0) is 13.2. The van der Waals surface area contributed by atoms with Gasteiger partial charge in [-0.15, -0.1) is 0 Å². The van der Waals surface area contributed by atoms with Crippen molar-refractivity contribution in [3.63, 3.8) is 0 Å².